The summed E-state index contributed by atoms with van der Waals surface area (Å²) in [5.41, 5.74) is 4.50. The lowest BCUT2D eigenvalue weighted by atomic mass is 9.90. The third kappa shape index (κ3) is 6.90. The van der Waals surface area contributed by atoms with Crippen LogP contribution in [0.15, 0.2) is 66.4 Å². The van der Waals surface area contributed by atoms with Crippen LogP contribution in [0.4, 0.5) is 4.79 Å². The number of nitrogens with zero attached hydrogens (tertiary/aromatic N) is 3. The maximum Gasteiger partial charge on any atom is 0.410 e. The Morgan fingerprint density at radius 2 is 1.76 bits per heavy atom. The first-order valence-electron chi connectivity index (χ1n) is 14.1. The molecular formula is C33H35Cl2N3O4. The Hall–Kier alpha value is -3.55. The second-order valence-corrected chi connectivity index (χ2v) is 12.4. The summed E-state index contributed by atoms with van der Waals surface area (Å²) in [6.45, 7) is 6.45. The minimum atomic E-state index is -0.643. The fourth-order valence-corrected chi connectivity index (χ4v) is 5.48. The zero-order valence-corrected chi connectivity index (χ0v) is 25.8. The van der Waals surface area contributed by atoms with Crippen molar-refractivity contribution in [3.63, 3.8) is 0 Å². The molecule has 2 aromatic carbocycles. The van der Waals surface area contributed by atoms with Crippen molar-refractivity contribution in [2.45, 2.75) is 58.2 Å². The van der Waals surface area contributed by atoms with E-state index in [9.17, 15) is 9.59 Å². The van der Waals surface area contributed by atoms with Crippen LogP contribution in [0.3, 0.4) is 0 Å². The lowest BCUT2D eigenvalue weighted by Gasteiger charge is -2.34. The standard InChI is InChI=1S/C33H35Cl2N3O4/c1-33(2,3)42-32(40)37-16-15-26(22-8-5-7-21(17-22)23-11-14-29(41-4)36-18-23)27(20-37)31(39)38(25-12-13-25)19-24-9-6-10-28(34)30(24)35/h5-11,14,17-18,25H,12-13,15-16,19-20H2,1-4H3. The number of benzene rings is 2. The number of amides is 2. The molecule has 2 aliphatic rings. The maximum absolute atomic E-state index is 14.4. The number of pyridine rings is 1. The van der Waals surface area contributed by atoms with Gasteiger partial charge in [0.1, 0.15) is 5.60 Å². The van der Waals surface area contributed by atoms with Crippen LogP contribution in [-0.4, -0.2) is 58.6 Å². The zero-order valence-electron chi connectivity index (χ0n) is 24.3. The number of carbonyl (C=O) groups is 2. The van der Waals surface area contributed by atoms with E-state index in [-0.39, 0.29) is 18.5 Å². The van der Waals surface area contributed by atoms with Crippen LogP contribution in [0.2, 0.25) is 10.0 Å². The van der Waals surface area contributed by atoms with Gasteiger partial charge in [-0.3, -0.25) is 4.79 Å². The van der Waals surface area contributed by atoms with Crippen LogP contribution >= 0.6 is 23.2 Å². The smallest absolute Gasteiger partial charge is 0.410 e. The fraction of sp³-hybridized carbons (Fsp3) is 0.364. The van der Waals surface area contributed by atoms with Gasteiger partial charge in [-0.05, 0) is 80.5 Å². The number of carbonyl (C=O) groups excluding carboxylic acids is 2. The van der Waals surface area contributed by atoms with E-state index in [0.29, 0.717) is 41.0 Å². The number of hydrogen-bond acceptors (Lipinski definition) is 5. The van der Waals surface area contributed by atoms with Crippen LogP contribution < -0.4 is 4.74 Å². The van der Waals surface area contributed by atoms with Gasteiger partial charge in [-0.2, -0.15) is 0 Å². The third-order valence-electron chi connectivity index (χ3n) is 7.37. The molecule has 5 rings (SSSR count). The van der Waals surface area contributed by atoms with E-state index in [0.717, 1.165) is 40.7 Å². The van der Waals surface area contributed by atoms with Crippen LogP contribution in [0.25, 0.3) is 16.7 Å². The Morgan fingerprint density at radius 1 is 1.02 bits per heavy atom. The second kappa shape index (κ2) is 12.4. The van der Waals surface area contributed by atoms with Crippen LogP contribution in [0, 0.1) is 0 Å². The largest absolute Gasteiger partial charge is 0.481 e. The Labute approximate surface area is 257 Å². The predicted octanol–water partition coefficient (Wildman–Crippen LogP) is 7.65. The third-order valence-corrected chi connectivity index (χ3v) is 8.22. The van der Waals surface area contributed by atoms with Gasteiger partial charge in [0.2, 0.25) is 5.88 Å². The summed E-state index contributed by atoms with van der Waals surface area (Å²) in [4.78, 5) is 35.4. The highest BCUT2D eigenvalue weighted by molar-refractivity contribution is 6.42. The van der Waals surface area contributed by atoms with Crippen molar-refractivity contribution in [2.24, 2.45) is 0 Å². The van der Waals surface area contributed by atoms with Crippen molar-refractivity contribution in [1.29, 1.82) is 0 Å². The van der Waals surface area contributed by atoms with Crippen LogP contribution in [0.5, 0.6) is 5.88 Å². The minimum absolute atomic E-state index is 0.103. The Morgan fingerprint density at radius 3 is 2.43 bits per heavy atom. The Bertz CT molecular complexity index is 1510. The van der Waals surface area contributed by atoms with Crippen molar-refractivity contribution in [3.8, 4) is 17.0 Å². The molecule has 1 fully saturated rings. The molecule has 7 nitrogen and oxygen atoms in total. The van der Waals surface area contributed by atoms with Gasteiger partial charge < -0.3 is 19.3 Å². The lowest BCUT2D eigenvalue weighted by molar-refractivity contribution is -0.128. The van der Waals surface area contributed by atoms with Gasteiger partial charge in [-0.15, -0.1) is 0 Å². The molecule has 0 spiro atoms. The van der Waals surface area contributed by atoms with Crippen molar-refractivity contribution >= 4 is 40.8 Å². The van der Waals surface area contributed by atoms with Gasteiger partial charge in [0.05, 0.1) is 23.7 Å². The number of halogens is 2. The molecule has 220 valence electrons. The quantitative estimate of drug-likeness (QED) is 0.276. The average Bonchev–Trinajstić information content (AvgIpc) is 3.82. The molecule has 42 heavy (non-hydrogen) atoms. The molecule has 1 saturated carbocycles. The molecule has 1 aliphatic carbocycles. The molecule has 2 amide bonds. The first-order chi connectivity index (χ1) is 20.0. The summed E-state index contributed by atoms with van der Waals surface area (Å²) in [6, 6.07) is 17.4. The SMILES string of the molecule is COc1ccc(-c2cccc(C3=C(C(=O)N(Cc4cccc(Cl)c4Cl)C4CC4)CN(C(=O)OC(C)(C)C)CC3)c2)cn1. The molecule has 0 atom stereocenters. The van der Waals surface area contributed by atoms with E-state index in [4.69, 9.17) is 32.7 Å². The highest BCUT2D eigenvalue weighted by Crippen LogP contribution is 2.37. The molecule has 0 saturated heterocycles. The molecule has 2 heterocycles. The van der Waals surface area contributed by atoms with Crippen molar-refractivity contribution in [2.75, 3.05) is 20.2 Å². The Kier molecular flexibility index (Phi) is 8.81. The van der Waals surface area contributed by atoms with Gasteiger partial charge in [-0.25, -0.2) is 9.78 Å². The maximum atomic E-state index is 14.4. The average molecular weight is 609 g/mol. The van der Waals surface area contributed by atoms with Gasteiger partial charge in [0.15, 0.2) is 0 Å². The Balaban J connectivity index is 1.53. The number of methoxy groups -OCH3 is 1. The molecule has 0 radical (unpaired) electrons. The van der Waals surface area contributed by atoms with E-state index < -0.39 is 11.7 Å². The number of aromatic nitrogens is 1. The molecular weight excluding hydrogens is 573 g/mol. The molecule has 1 aromatic heterocycles. The summed E-state index contributed by atoms with van der Waals surface area (Å²) in [7, 11) is 1.59. The monoisotopic (exact) mass is 607 g/mol. The summed E-state index contributed by atoms with van der Waals surface area (Å²) in [5.74, 6) is 0.438. The summed E-state index contributed by atoms with van der Waals surface area (Å²) < 4.78 is 10.9. The van der Waals surface area contributed by atoms with Gasteiger partial charge >= 0.3 is 6.09 Å². The van der Waals surface area contributed by atoms with E-state index >= 15 is 0 Å². The van der Waals surface area contributed by atoms with Gasteiger partial charge in [0, 0.05) is 42.5 Å². The molecule has 1 aliphatic heterocycles. The summed E-state index contributed by atoms with van der Waals surface area (Å²) >= 11 is 12.8. The minimum Gasteiger partial charge on any atom is -0.481 e. The number of ether oxygens (including phenoxy) is 2. The van der Waals surface area contributed by atoms with Crippen molar-refractivity contribution in [3.05, 3.63) is 87.5 Å². The highest BCUT2D eigenvalue weighted by Gasteiger charge is 2.38. The highest BCUT2D eigenvalue weighted by atomic mass is 35.5. The predicted molar refractivity (Wildman–Crippen MR) is 166 cm³/mol. The van der Waals surface area contributed by atoms with E-state index in [1.807, 2.05) is 68.1 Å². The topological polar surface area (TPSA) is 72.0 Å². The van der Waals surface area contributed by atoms with Gasteiger partial charge in [0.25, 0.3) is 5.91 Å². The molecule has 0 N–H and O–H groups in total. The van der Waals surface area contributed by atoms with E-state index in [1.54, 1.807) is 24.3 Å². The fourth-order valence-electron chi connectivity index (χ4n) is 5.10. The molecule has 0 bridgehead atoms. The van der Waals surface area contributed by atoms with Crippen molar-refractivity contribution in [1.82, 2.24) is 14.8 Å². The summed E-state index contributed by atoms with van der Waals surface area (Å²) in [5, 5.41) is 0.905. The van der Waals surface area contributed by atoms with E-state index in [1.165, 1.54) is 0 Å². The number of rotatable bonds is 7. The van der Waals surface area contributed by atoms with E-state index in [2.05, 4.69) is 11.1 Å². The normalized spacial score (nSPS) is 15.4. The summed E-state index contributed by atoms with van der Waals surface area (Å²) in [6.07, 6.45) is 3.69. The van der Waals surface area contributed by atoms with Crippen LogP contribution in [-0.2, 0) is 16.1 Å². The van der Waals surface area contributed by atoms with Gasteiger partial charge in [-0.1, -0.05) is 53.5 Å². The molecule has 9 heteroatoms. The van der Waals surface area contributed by atoms with Crippen molar-refractivity contribution < 1.29 is 19.1 Å². The lowest BCUT2D eigenvalue weighted by Crippen LogP contribution is -2.44. The first-order valence-corrected chi connectivity index (χ1v) is 14.8. The zero-order chi connectivity index (χ0) is 30.0. The molecule has 0 unspecified atom stereocenters. The second-order valence-electron chi connectivity index (χ2n) is 11.7. The van der Waals surface area contributed by atoms with Crippen LogP contribution in [0.1, 0.15) is 51.2 Å². The first kappa shape index (κ1) is 29.9. The number of hydrogen-bond donors (Lipinski definition) is 0. The molecule has 3 aromatic rings.